The van der Waals surface area contributed by atoms with Crippen LogP contribution < -0.4 is 0 Å². The molecule has 2 fully saturated rings. The summed E-state index contributed by atoms with van der Waals surface area (Å²) in [5.74, 6) is -0.652. The largest absolute Gasteiger partial charge is 0.481 e. The Kier molecular flexibility index (Phi) is 4.05. The van der Waals surface area contributed by atoms with Crippen LogP contribution in [0.4, 0.5) is 0 Å². The molecule has 1 heterocycles. The van der Waals surface area contributed by atoms with Crippen molar-refractivity contribution in [3.8, 4) is 0 Å². The van der Waals surface area contributed by atoms with Gasteiger partial charge in [0.1, 0.15) is 0 Å². The standard InChI is InChI=1S/C13H23NO3/c1-2-17-11-4-3-7-14(9-11)10-13(5-6-13)8-12(15)16/h11H,2-10H2,1H3,(H,15,16). The highest BCUT2D eigenvalue weighted by molar-refractivity contribution is 5.68. The molecular formula is C13H23NO3. The number of piperidine rings is 1. The normalized spacial score (nSPS) is 27.9. The van der Waals surface area contributed by atoms with Gasteiger partial charge >= 0.3 is 5.97 Å². The molecule has 0 spiro atoms. The summed E-state index contributed by atoms with van der Waals surface area (Å²) >= 11 is 0. The molecule has 1 saturated carbocycles. The van der Waals surface area contributed by atoms with E-state index in [0.29, 0.717) is 12.5 Å². The summed E-state index contributed by atoms with van der Waals surface area (Å²) in [5.41, 5.74) is 0.0833. The van der Waals surface area contributed by atoms with Gasteiger partial charge in [0.15, 0.2) is 0 Å². The minimum Gasteiger partial charge on any atom is -0.481 e. The quantitative estimate of drug-likeness (QED) is 0.769. The molecule has 0 aromatic heterocycles. The van der Waals surface area contributed by atoms with E-state index in [-0.39, 0.29) is 5.41 Å². The van der Waals surface area contributed by atoms with E-state index < -0.39 is 5.97 Å². The lowest BCUT2D eigenvalue weighted by Gasteiger charge is -2.34. The molecule has 98 valence electrons. The van der Waals surface area contributed by atoms with Gasteiger partial charge in [0, 0.05) is 19.7 Å². The first-order chi connectivity index (χ1) is 8.13. The number of likely N-dealkylation sites (tertiary alicyclic amines) is 1. The molecule has 1 atom stereocenters. The Labute approximate surface area is 103 Å². The van der Waals surface area contributed by atoms with Gasteiger partial charge in [-0.15, -0.1) is 0 Å². The van der Waals surface area contributed by atoms with Gasteiger partial charge in [0.2, 0.25) is 0 Å². The van der Waals surface area contributed by atoms with Crippen LogP contribution in [-0.4, -0.2) is 48.3 Å². The topological polar surface area (TPSA) is 49.8 Å². The van der Waals surface area contributed by atoms with Crippen molar-refractivity contribution < 1.29 is 14.6 Å². The summed E-state index contributed by atoms with van der Waals surface area (Å²) < 4.78 is 5.67. The average Bonchev–Trinajstić information content (AvgIpc) is 2.97. The van der Waals surface area contributed by atoms with E-state index in [1.54, 1.807) is 0 Å². The van der Waals surface area contributed by atoms with E-state index in [0.717, 1.165) is 45.5 Å². The first-order valence-corrected chi connectivity index (χ1v) is 6.69. The molecule has 1 aliphatic heterocycles. The lowest BCUT2D eigenvalue weighted by atomic mass is 9.99. The monoisotopic (exact) mass is 241 g/mol. The fraction of sp³-hybridized carbons (Fsp3) is 0.923. The highest BCUT2D eigenvalue weighted by Crippen LogP contribution is 2.49. The Morgan fingerprint density at radius 2 is 2.29 bits per heavy atom. The van der Waals surface area contributed by atoms with Crippen molar-refractivity contribution in [1.82, 2.24) is 4.90 Å². The number of hydrogen-bond donors (Lipinski definition) is 1. The first-order valence-electron chi connectivity index (χ1n) is 6.69. The lowest BCUT2D eigenvalue weighted by Crippen LogP contribution is -2.42. The molecule has 0 radical (unpaired) electrons. The Balaban J connectivity index is 1.80. The van der Waals surface area contributed by atoms with Gasteiger partial charge in [-0.25, -0.2) is 0 Å². The van der Waals surface area contributed by atoms with Crippen LogP contribution in [-0.2, 0) is 9.53 Å². The molecule has 1 saturated heterocycles. The molecule has 2 rings (SSSR count). The van der Waals surface area contributed by atoms with Crippen molar-refractivity contribution in [2.24, 2.45) is 5.41 Å². The fourth-order valence-corrected chi connectivity index (χ4v) is 2.89. The highest BCUT2D eigenvalue weighted by Gasteiger charge is 2.45. The number of ether oxygens (including phenoxy) is 1. The van der Waals surface area contributed by atoms with Crippen molar-refractivity contribution in [3.05, 3.63) is 0 Å². The summed E-state index contributed by atoms with van der Waals surface area (Å²) in [4.78, 5) is 13.2. The van der Waals surface area contributed by atoms with Crippen LogP contribution in [0.5, 0.6) is 0 Å². The third-order valence-electron chi connectivity index (χ3n) is 3.91. The Bertz CT molecular complexity index is 274. The second-order valence-corrected chi connectivity index (χ2v) is 5.53. The number of nitrogens with zero attached hydrogens (tertiary/aromatic N) is 1. The van der Waals surface area contributed by atoms with Crippen molar-refractivity contribution >= 4 is 5.97 Å². The van der Waals surface area contributed by atoms with E-state index in [9.17, 15) is 4.79 Å². The first kappa shape index (κ1) is 12.8. The Hall–Kier alpha value is -0.610. The van der Waals surface area contributed by atoms with E-state index in [2.05, 4.69) is 4.90 Å². The molecule has 4 heteroatoms. The zero-order chi connectivity index (χ0) is 12.3. The molecule has 0 amide bonds. The van der Waals surface area contributed by atoms with Gasteiger partial charge in [0.25, 0.3) is 0 Å². The van der Waals surface area contributed by atoms with Crippen molar-refractivity contribution in [2.75, 3.05) is 26.2 Å². The molecular weight excluding hydrogens is 218 g/mol. The van der Waals surface area contributed by atoms with Crippen LogP contribution in [0.3, 0.4) is 0 Å². The average molecular weight is 241 g/mol. The van der Waals surface area contributed by atoms with E-state index >= 15 is 0 Å². The minimum atomic E-state index is -0.652. The highest BCUT2D eigenvalue weighted by atomic mass is 16.5. The second kappa shape index (κ2) is 5.36. The molecule has 2 aliphatic rings. The van der Waals surface area contributed by atoms with Gasteiger partial charge in [0.05, 0.1) is 12.5 Å². The summed E-state index contributed by atoms with van der Waals surface area (Å²) in [6.45, 7) is 5.84. The van der Waals surface area contributed by atoms with Crippen LogP contribution in [0.15, 0.2) is 0 Å². The van der Waals surface area contributed by atoms with Crippen LogP contribution in [0.1, 0.15) is 39.0 Å². The third kappa shape index (κ3) is 3.68. The van der Waals surface area contributed by atoms with Gasteiger partial charge in [-0.1, -0.05) is 0 Å². The number of carboxylic acid groups (broad SMARTS) is 1. The zero-order valence-electron chi connectivity index (χ0n) is 10.7. The van der Waals surface area contributed by atoms with Crippen molar-refractivity contribution in [3.63, 3.8) is 0 Å². The maximum atomic E-state index is 10.8. The number of hydrogen-bond acceptors (Lipinski definition) is 3. The summed E-state index contributed by atoms with van der Waals surface area (Å²) in [5, 5.41) is 8.91. The van der Waals surface area contributed by atoms with Crippen molar-refractivity contribution in [1.29, 1.82) is 0 Å². The number of carbonyl (C=O) groups is 1. The maximum Gasteiger partial charge on any atom is 0.303 e. The van der Waals surface area contributed by atoms with Gasteiger partial charge < -0.3 is 14.7 Å². The van der Waals surface area contributed by atoms with Gasteiger partial charge in [-0.05, 0) is 44.6 Å². The molecule has 1 N–H and O–H groups in total. The second-order valence-electron chi connectivity index (χ2n) is 5.53. The number of aliphatic carboxylic acids is 1. The number of rotatable bonds is 6. The third-order valence-corrected chi connectivity index (χ3v) is 3.91. The summed E-state index contributed by atoms with van der Waals surface area (Å²) in [6, 6.07) is 0. The SMILES string of the molecule is CCOC1CCCN(CC2(CC(=O)O)CC2)C1. The lowest BCUT2D eigenvalue weighted by molar-refractivity contribution is -0.138. The van der Waals surface area contributed by atoms with E-state index in [1.807, 2.05) is 6.92 Å². The molecule has 17 heavy (non-hydrogen) atoms. The predicted molar refractivity (Wildman–Crippen MR) is 65.0 cm³/mol. The van der Waals surface area contributed by atoms with Gasteiger partial charge in [-0.3, -0.25) is 4.79 Å². The van der Waals surface area contributed by atoms with Crippen LogP contribution in [0.25, 0.3) is 0 Å². The summed E-state index contributed by atoms with van der Waals surface area (Å²) in [7, 11) is 0. The van der Waals surface area contributed by atoms with Gasteiger partial charge in [-0.2, -0.15) is 0 Å². The molecule has 1 aliphatic carbocycles. The molecule has 0 bridgehead atoms. The Morgan fingerprint density at radius 3 is 2.88 bits per heavy atom. The Morgan fingerprint density at radius 1 is 1.53 bits per heavy atom. The summed E-state index contributed by atoms with van der Waals surface area (Å²) in [6.07, 6.45) is 5.17. The smallest absolute Gasteiger partial charge is 0.303 e. The molecule has 4 nitrogen and oxygen atoms in total. The molecule has 0 aromatic rings. The van der Waals surface area contributed by atoms with E-state index in [4.69, 9.17) is 9.84 Å². The van der Waals surface area contributed by atoms with E-state index in [1.165, 1.54) is 6.42 Å². The van der Waals surface area contributed by atoms with Crippen molar-refractivity contribution in [2.45, 2.75) is 45.1 Å². The molecule has 0 aromatic carbocycles. The van der Waals surface area contributed by atoms with Crippen LogP contribution in [0.2, 0.25) is 0 Å². The number of carboxylic acids is 1. The van der Waals surface area contributed by atoms with Crippen LogP contribution in [0, 0.1) is 5.41 Å². The zero-order valence-corrected chi connectivity index (χ0v) is 10.7. The fourth-order valence-electron chi connectivity index (χ4n) is 2.89. The minimum absolute atomic E-state index is 0.0833. The predicted octanol–water partition coefficient (Wildman–Crippen LogP) is 1.74. The van der Waals surface area contributed by atoms with Crippen LogP contribution >= 0.6 is 0 Å². The maximum absolute atomic E-state index is 10.8. The molecule has 1 unspecified atom stereocenters.